The summed E-state index contributed by atoms with van der Waals surface area (Å²) in [5.74, 6) is 1.00. The normalized spacial score (nSPS) is 21.4. The van der Waals surface area contributed by atoms with Crippen LogP contribution in [0.1, 0.15) is 65.2 Å². The first-order valence-corrected chi connectivity index (χ1v) is 7.52. The summed E-state index contributed by atoms with van der Waals surface area (Å²) in [5, 5.41) is 3.61. The Hall–Kier alpha value is -0.0800. The third-order valence-electron chi connectivity index (χ3n) is 4.16. The van der Waals surface area contributed by atoms with E-state index in [0.29, 0.717) is 12.1 Å². The molecule has 17 heavy (non-hydrogen) atoms. The van der Waals surface area contributed by atoms with E-state index in [1.54, 1.807) is 0 Å². The summed E-state index contributed by atoms with van der Waals surface area (Å²) in [5.41, 5.74) is 0. The minimum absolute atomic E-state index is 0.380. The fourth-order valence-corrected chi connectivity index (χ4v) is 3.00. The zero-order chi connectivity index (χ0) is 12.5. The predicted molar refractivity (Wildman–Crippen MR) is 74.4 cm³/mol. The van der Waals surface area contributed by atoms with E-state index in [2.05, 4.69) is 19.2 Å². The van der Waals surface area contributed by atoms with Crippen molar-refractivity contribution >= 4 is 0 Å². The van der Waals surface area contributed by atoms with Crippen molar-refractivity contribution in [1.82, 2.24) is 5.32 Å². The highest BCUT2D eigenvalue weighted by molar-refractivity contribution is 4.73. The standard InChI is InChI=1S/C15H31NO/c1-4-16-15(12-13(2)17-3)11-10-14-8-6-5-7-9-14/h13-16H,4-12H2,1-3H3. The van der Waals surface area contributed by atoms with E-state index in [-0.39, 0.29) is 0 Å². The molecule has 1 aliphatic rings. The molecule has 102 valence electrons. The van der Waals surface area contributed by atoms with Gasteiger partial charge >= 0.3 is 0 Å². The maximum atomic E-state index is 5.38. The molecule has 2 nitrogen and oxygen atoms in total. The van der Waals surface area contributed by atoms with Crippen LogP contribution in [0.2, 0.25) is 0 Å². The molecule has 0 aliphatic heterocycles. The van der Waals surface area contributed by atoms with Crippen LogP contribution < -0.4 is 5.32 Å². The molecule has 1 N–H and O–H groups in total. The van der Waals surface area contributed by atoms with Gasteiger partial charge < -0.3 is 10.1 Å². The van der Waals surface area contributed by atoms with Crippen LogP contribution in [0.25, 0.3) is 0 Å². The van der Waals surface area contributed by atoms with Gasteiger partial charge in [0.25, 0.3) is 0 Å². The van der Waals surface area contributed by atoms with Crippen molar-refractivity contribution in [3.63, 3.8) is 0 Å². The minimum Gasteiger partial charge on any atom is -0.382 e. The van der Waals surface area contributed by atoms with Crippen LogP contribution in [0.3, 0.4) is 0 Å². The van der Waals surface area contributed by atoms with E-state index in [1.165, 1.54) is 44.9 Å². The van der Waals surface area contributed by atoms with Gasteiger partial charge in [-0.3, -0.25) is 0 Å². The summed E-state index contributed by atoms with van der Waals surface area (Å²) in [6.07, 6.45) is 11.6. The molecule has 0 radical (unpaired) electrons. The van der Waals surface area contributed by atoms with Crippen molar-refractivity contribution < 1.29 is 4.74 Å². The largest absolute Gasteiger partial charge is 0.382 e. The molecule has 0 aromatic rings. The van der Waals surface area contributed by atoms with Crippen LogP contribution in [0.5, 0.6) is 0 Å². The van der Waals surface area contributed by atoms with E-state index < -0.39 is 0 Å². The number of methoxy groups -OCH3 is 1. The molecule has 1 fully saturated rings. The fraction of sp³-hybridized carbons (Fsp3) is 1.00. The minimum atomic E-state index is 0.380. The Labute approximate surface area is 108 Å². The number of hydrogen-bond donors (Lipinski definition) is 1. The molecule has 0 saturated heterocycles. The van der Waals surface area contributed by atoms with Gasteiger partial charge in [-0.25, -0.2) is 0 Å². The second-order valence-corrected chi connectivity index (χ2v) is 5.62. The quantitative estimate of drug-likeness (QED) is 0.699. The molecule has 1 aliphatic carbocycles. The van der Waals surface area contributed by atoms with E-state index >= 15 is 0 Å². The zero-order valence-electron chi connectivity index (χ0n) is 12.0. The van der Waals surface area contributed by atoms with Gasteiger partial charge in [0, 0.05) is 13.2 Å². The molecule has 0 bridgehead atoms. The number of nitrogens with one attached hydrogen (secondary N) is 1. The molecule has 1 rings (SSSR count). The molecular weight excluding hydrogens is 210 g/mol. The lowest BCUT2D eigenvalue weighted by Gasteiger charge is -2.26. The highest BCUT2D eigenvalue weighted by atomic mass is 16.5. The summed E-state index contributed by atoms with van der Waals surface area (Å²) in [6.45, 7) is 5.45. The number of rotatable bonds is 8. The van der Waals surface area contributed by atoms with Gasteiger partial charge in [0.15, 0.2) is 0 Å². The Kier molecular flexibility index (Phi) is 7.87. The molecule has 0 heterocycles. The Bertz CT molecular complexity index is 178. The van der Waals surface area contributed by atoms with Crippen molar-refractivity contribution in [2.75, 3.05) is 13.7 Å². The van der Waals surface area contributed by atoms with E-state index in [1.807, 2.05) is 7.11 Å². The Morgan fingerprint density at radius 3 is 2.53 bits per heavy atom. The van der Waals surface area contributed by atoms with E-state index in [9.17, 15) is 0 Å². The lowest BCUT2D eigenvalue weighted by Crippen LogP contribution is -2.33. The van der Waals surface area contributed by atoms with Crippen LogP contribution in [0.4, 0.5) is 0 Å². The monoisotopic (exact) mass is 241 g/mol. The Morgan fingerprint density at radius 1 is 1.24 bits per heavy atom. The molecule has 0 amide bonds. The van der Waals surface area contributed by atoms with Gasteiger partial charge in [0.1, 0.15) is 0 Å². The Balaban J connectivity index is 2.22. The second-order valence-electron chi connectivity index (χ2n) is 5.62. The summed E-state index contributed by atoms with van der Waals surface area (Å²) < 4.78 is 5.38. The maximum Gasteiger partial charge on any atom is 0.0558 e. The van der Waals surface area contributed by atoms with Gasteiger partial charge in [-0.2, -0.15) is 0 Å². The molecule has 2 heteroatoms. The first-order valence-electron chi connectivity index (χ1n) is 7.52. The third-order valence-corrected chi connectivity index (χ3v) is 4.16. The van der Waals surface area contributed by atoms with Gasteiger partial charge in [0.2, 0.25) is 0 Å². The maximum absolute atomic E-state index is 5.38. The Morgan fingerprint density at radius 2 is 1.94 bits per heavy atom. The highest BCUT2D eigenvalue weighted by Crippen LogP contribution is 2.28. The summed E-state index contributed by atoms with van der Waals surface area (Å²) >= 11 is 0. The highest BCUT2D eigenvalue weighted by Gasteiger charge is 2.17. The zero-order valence-corrected chi connectivity index (χ0v) is 12.0. The molecule has 0 aromatic heterocycles. The van der Waals surface area contributed by atoms with Gasteiger partial charge in [-0.1, -0.05) is 39.0 Å². The van der Waals surface area contributed by atoms with Gasteiger partial charge in [0.05, 0.1) is 6.10 Å². The van der Waals surface area contributed by atoms with E-state index in [4.69, 9.17) is 4.74 Å². The number of ether oxygens (including phenoxy) is 1. The molecule has 0 spiro atoms. The molecule has 2 unspecified atom stereocenters. The average Bonchev–Trinajstić information content (AvgIpc) is 2.37. The average molecular weight is 241 g/mol. The van der Waals surface area contributed by atoms with Crippen molar-refractivity contribution in [3.8, 4) is 0 Å². The van der Waals surface area contributed by atoms with E-state index in [0.717, 1.165) is 18.9 Å². The predicted octanol–water partition coefficient (Wildman–Crippen LogP) is 3.75. The molecule has 2 atom stereocenters. The van der Waals surface area contributed by atoms with Crippen molar-refractivity contribution in [3.05, 3.63) is 0 Å². The fourth-order valence-electron chi connectivity index (χ4n) is 3.00. The lowest BCUT2D eigenvalue weighted by molar-refractivity contribution is 0.0982. The van der Waals surface area contributed by atoms with Gasteiger partial charge in [-0.05, 0) is 38.6 Å². The summed E-state index contributed by atoms with van der Waals surface area (Å²) in [6, 6.07) is 0.650. The topological polar surface area (TPSA) is 21.3 Å². The summed E-state index contributed by atoms with van der Waals surface area (Å²) in [7, 11) is 1.81. The van der Waals surface area contributed by atoms with Crippen LogP contribution in [0, 0.1) is 5.92 Å². The second kappa shape index (κ2) is 8.93. The van der Waals surface area contributed by atoms with Crippen molar-refractivity contribution in [2.24, 2.45) is 5.92 Å². The SMILES string of the molecule is CCNC(CCC1CCCCC1)CC(C)OC. The first-order chi connectivity index (χ1) is 8.26. The van der Waals surface area contributed by atoms with Crippen LogP contribution in [-0.2, 0) is 4.74 Å². The third kappa shape index (κ3) is 6.42. The number of hydrogen-bond acceptors (Lipinski definition) is 2. The summed E-state index contributed by atoms with van der Waals surface area (Å²) in [4.78, 5) is 0. The molecule has 1 saturated carbocycles. The smallest absolute Gasteiger partial charge is 0.0558 e. The first kappa shape index (κ1) is 15.0. The van der Waals surface area contributed by atoms with Crippen LogP contribution in [-0.4, -0.2) is 25.8 Å². The van der Waals surface area contributed by atoms with Crippen LogP contribution >= 0.6 is 0 Å². The lowest BCUT2D eigenvalue weighted by atomic mass is 9.84. The molecular formula is C15H31NO. The van der Waals surface area contributed by atoms with Crippen molar-refractivity contribution in [2.45, 2.75) is 77.4 Å². The van der Waals surface area contributed by atoms with Gasteiger partial charge in [-0.15, -0.1) is 0 Å². The van der Waals surface area contributed by atoms with Crippen molar-refractivity contribution in [1.29, 1.82) is 0 Å². The molecule has 0 aromatic carbocycles. The van der Waals surface area contributed by atoms with Crippen LogP contribution in [0.15, 0.2) is 0 Å².